The van der Waals surface area contributed by atoms with Crippen molar-refractivity contribution in [2.45, 2.75) is 25.7 Å². The summed E-state index contributed by atoms with van der Waals surface area (Å²) in [6.45, 7) is 0. The van der Waals surface area contributed by atoms with E-state index >= 15 is 0 Å². The van der Waals surface area contributed by atoms with Crippen LogP contribution in [0.15, 0.2) is 73.1 Å². The summed E-state index contributed by atoms with van der Waals surface area (Å²) in [5.41, 5.74) is 4.20. The van der Waals surface area contributed by atoms with E-state index in [1.165, 1.54) is 17.8 Å². The van der Waals surface area contributed by atoms with Crippen LogP contribution >= 0.6 is 0 Å². The molecular formula is C24H21N3O4. The van der Waals surface area contributed by atoms with Gasteiger partial charge in [-0.25, -0.2) is 4.98 Å². The molecule has 2 aromatic carbocycles. The lowest BCUT2D eigenvalue weighted by Gasteiger charge is -2.05. The third-order valence-corrected chi connectivity index (χ3v) is 5.29. The van der Waals surface area contributed by atoms with Gasteiger partial charge in [0.15, 0.2) is 0 Å². The minimum Gasteiger partial charge on any atom is -0.481 e. The average Bonchev–Trinajstić information content (AvgIpc) is 3.15. The third kappa shape index (κ3) is 4.61. The fraction of sp³-hybridized carbons (Fsp3) is 0.167. The maximum Gasteiger partial charge on any atom is 0.303 e. The molecule has 156 valence electrons. The molecule has 0 saturated heterocycles. The monoisotopic (exact) mass is 415 g/mol. The predicted octanol–water partition coefficient (Wildman–Crippen LogP) is 4.74. The van der Waals surface area contributed by atoms with Crippen LogP contribution in [-0.4, -0.2) is 25.6 Å². The zero-order valence-electron chi connectivity index (χ0n) is 16.8. The van der Waals surface area contributed by atoms with Gasteiger partial charge in [0.1, 0.15) is 12.0 Å². The Morgan fingerprint density at radius 2 is 1.81 bits per heavy atom. The molecule has 4 rings (SSSR count). The Morgan fingerprint density at radius 1 is 1.00 bits per heavy atom. The van der Waals surface area contributed by atoms with E-state index in [2.05, 4.69) is 17.1 Å². The molecule has 0 unspecified atom stereocenters. The number of carboxylic acid groups (broad SMARTS) is 1. The summed E-state index contributed by atoms with van der Waals surface area (Å²) in [5, 5.41) is 21.0. The Bertz CT molecular complexity index is 1230. The molecular weight excluding hydrogens is 394 g/mol. The van der Waals surface area contributed by atoms with Crippen molar-refractivity contribution in [1.82, 2.24) is 9.55 Å². The number of benzene rings is 2. The Balaban J connectivity index is 1.73. The molecule has 0 radical (unpaired) electrons. The van der Waals surface area contributed by atoms with Crippen molar-refractivity contribution >= 4 is 22.6 Å². The summed E-state index contributed by atoms with van der Waals surface area (Å²) in [7, 11) is 0. The lowest BCUT2D eigenvalue weighted by molar-refractivity contribution is -0.385. The van der Waals surface area contributed by atoms with Gasteiger partial charge in [-0.15, -0.1) is 0 Å². The topological polar surface area (TPSA) is 98.3 Å². The summed E-state index contributed by atoms with van der Waals surface area (Å²) in [5.74, 6) is -0.225. The number of hydrogen-bond donors (Lipinski definition) is 1. The number of aliphatic carboxylic acids is 1. The molecule has 31 heavy (non-hydrogen) atoms. The lowest BCUT2D eigenvalue weighted by atomic mass is 10.0. The quantitative estimate of drug-likeness (QED) is 0.331. The van der Waals surface area contributed by atoms with Crippen LogP contribution in [0.4, 0.5) is 5.69 Å². The van der Waals surface area contributed by atoms with Gasteiger partial charge in [0.25, 0.3) is 5.69 Å². The molecule has 4 aromatic rings. The van der Waals surface area contributed by atoms with E-state index in [-0.39, 0.29) is 12.1 Å². The van der Waals surface area contributed by atoms with Crippen LogP contribution in [0.2, 0.25) is 0 Å². The van der Waals surface area contributed by atoms with Gasteiger partial charge in [-0.3, -0.25) is 14.9 Å². The maximum atomic E-state index is 11.0. The van der Waals surface area contributed by atoms with Crippen molar-refractivity contribution in [1.29, 1.82) is 0 Å². The average molecular weight is 415 g/mol. The molecule has 0 bridgehead atoms. The SMILES string of the molecule is O=C(O)CCc1ccc2c(c1)c(CCc1ccccc1)cn2-c1ccc([N+](=O)[O-])cn1. The number of carboxylic acids is 1. The van der Waals surface area contributed by atoms with Crippen molar-refractivity contribution in [3.63, 3.8) is 0 Å². The molecule has 0 spiro atoms. The number of nitro groups is 1. The van der Waals surface area contributed by atoms with Crippen LogP contribution < -0.4 is 0 Å². The van der Waals surface area contributed by atoms with Gasteiger partial charge < -0.3 is 9.67 Å². The van der Waals surface area contributed by atoms with Crippen LogP contribution in [0, 0.1) is 10.1 Å². The zero-order valence-corrected chi connectivity index (χ0v) is 16.8. The summed E-state index contributed by atoms with van der Waals surface area (Å²) in [4.78, 5) is 25.7. The number of fused-ring (bicyclic) bond motifs is 1. The number of hydrogen-bond acceptors (Lipinski definition) is 4. The minimum absolute atomic E-state index is 0.0551. The number of aryl methyl sites for hydroxylation is 3. The van der Waals surface area contributed by atoms with Crippen molar-refractivity contribution < 1.29 is 14.8 Å². The van der Waals surface area contributed by atoms with Crippen LogP contribution in [-0.2, 0) is 24.1 Å². The third-order valence-electron chi connectivity index (χ3n) is 5.29. The Kier molecular flexibility index (Phi) is 5.75. The van der Waals surface area contributed by atoms with Crippen LogP contribution in [0.1, 0.15) is 23.1 Å². The van der Waals surface area contributed by atoms with Crippen molar-refractivity contribution in [2.75, 3.05) is 0 Å². The lowest BCUT2D eigenvalue weighted by Crippen LogP contribution is -1.98. The fourth-order valence-corrected chi connectivity index (χ4v) is 3.69. The highest BCUT2D eigenvalue weighted by Crippen LogP contribution is 2.28. The van der Waals surface area contributed by atoms with Gasteiger partial charge in [0, 0.05) is 24.1 Å². The van der Waals surface area contributed by atoms with E-state index in [1.54, 1.807) is 6.07 Å². The van der Waals surface area contributed by atoms with Crippen molar-refractivity contribution in [2.24, 2.45) is 0 Å². The highest BCUT2D eigenvalue weighted by Gasteiger charge is 2.14. The van der Waals surface area contributed by atoms with E-state index in [0.717, 1.165) is 34.9 Å². The van der Waals surface area contributed by atoms with Crippen LogP contribution in [0.3, 0.4) is 0 Å². The zero-order chi connectivity index (χ0) is 21.8. The molecule has 0 fully saturated rings. The standard InChI is InChI=1S/C24H21N3O4/c28-24(29)13-8-18-7-11-22-21(14-18)19(9-6-17-4-2-1-3-5-17)16-26(22)23-12-10-20(15-25-23)27(30)31/h1-5,7,10-12,14-16H,6,8-9,13H2,(H,28,29). The first-order valence-electron chi connectivity index (χ1n) is 10.0. The van der Waals surface area contributed by atoms with E-state index in [9.17, 15) is 14.9 Å². The van der Waals surface area contributed by atoms with Gasteiger partial charge in [-0.05, 0) is 54.2 Å². The van der Waals surface area contributed by atoms with Crippen LogP contribution in [0.5, 0.6) is 0 Å². The number of carbonyl (C=O) groups is 1. The normalized spacial score (nSPS) is 11.0. The van der Waals surface area contributed by atoms with Crippen LogP contribution in [0.25, 0.3) is 16.7 Å². The Hall–Kier alpha value is -4.00. The molecule has 0 saturated carbocycles. The van der Waals surface area contributed by atoms with Gasteiger partial charge >= 0.3 is 5.97 Å². The smallest absolute Gasteiger partial charge is 0.303 e. The first-order chi connectivity index (χ1) is 15.0. The second-order valence-corrected chi connectivity index (χ2v) is 7.39. The first-order valence-corrected chi connectivity index (χ1v) is 10.0. The summed E-state index contributed by atoms with van der Waals surface area (Å²) in [6.07, 6.45) is 5.49. The summed E-state index contributed by atoms with van der Waals surface area (Å²) in [6, 6.07) is 19.2. The molecule has 1 N–H and O–H groups in total. The highest BCUT2D eigenvalue weighted by atomic mass is 16.6. The van der Waals surface area contributed by atoms with Gasteiger partial charge in [-0.2, -0.15) is 0 Å². The first kappa shape index (κ1) is 20.3. The van der Waals surface area contributed by atoms with Gasteiger partial charge in [0.2, 0.25) is 0 Å². The van der Waals surface area contributed by atoms with E-state index in [0.29, 0.717) is 12.2 Å². The molecule has 2 heterocycles. The molecule has 0 aliphatic rings. The van der Waals surface area contributed by atoms with E-state index in [1.807, 2.05) is 47.2 Å². The maximum absolute atomic E-state index is 11.0. The van der Waals surface area contributed by atoms with E-state index in [4.69, 9.17) is 5.11 Å². The molecule has 2 aromatic heterocycles. The van der Waals surface area contributed by atoms with Gasteiger partial charge in [0.05, 0.1) is 10.4 Å². The molecule has 7 nitrogen and oxygen atoms in total. The largest absolute Gasteiger partial charge is 0.481 e. The second kappa shape index (κ2) is 8.79. The van der Waals surface area contributed by atoms with E-state index < -0.39 is 10.9 Å². The number of rotatable bonds is 8. The molecule has 0 aliphatic heterocycles. The number of nitrogens with zero attached hydrogens (tertiary/aromatic N) is 3. The van der Waals surface area contributed by atoms with Crippen molar-refractivity contribution in [3.8, 4) is 5.82 Å². The second-order valence-electron chi connectivity index (χ2n) is 7.39. The number of pyridine rings is 1. The molecule has 0 aliphatic carbocycles. The summed E-state index contributed by atoms with van der Waals surface area (Å²) < 4.78 is 1.93. The Labute approximate surface area is 178 Å². The number of aromatic nitrogens is 2. The predicted molar refractivity (Wildman–Crippen MR) is 118 cm³/mol. The minimum atomic E-state index is -0.822. The molecule has 0 amide bonds. The molecule has 7 heteroatoms. The van der Waals surface area contributed by atoms with Crippen molar-refractivity contribution in [3.05, 3.63) is 99.9 Å². The summed E-state index contributed by atoms with van der Waals surface area (Å²) >= 11 is 0. The fourth-order valence-electron chi connectivity index (χ4n) is 3.69. The van der Waals surface area contributed by atoms with Gasteiger partial charge in [-0.1, -0.05) is 36.4 Å². The molecule has 0 atom stereocenters. The highest BCUT2D eigenvalue weighted by molar-refractivity contribution is 5.86. The Morgan fingerprint density at radius 3 is 2.48 bits per heavy atom.